The smallest absolute Gasteiger partial charge is 0.550 e. The van der Waals surface area contributed by atoms with Gasteiger partial charge in [0.05, 0.1) is 0 Å². The standard InChI is InChI=1S/C19H25NO3.Ca/c21-18(20-12-15-8-4-5-9-16(15)13-20)11-17(19(22)23)10-14-6-2-1-3-7-14;/h1-3,6-7,15-17H,4-5,8-13H2,(H,22,23);/q;+2/p-1/t15-,16+,17-;/m0./s1. The average molecular weight is 354 g/mol. The molecule has 5 heteroatoms. The summed E-state index contributed by atoms with van der Waals surface area (Å²) in [6.45, 7) is 1.63. The van der Waals surface area contributed by atoms with E-state index in [2.05, 4.69) is 0 Å². The van der Waals surface area contributed by atoms with Gasteiger partial charge in [0.2, 0.25) is 5.91 Å². The zero-order valence-corrected chi connectivity index (χ0v) is 16.4. The molecule has 0 unspecified atom stereocenters. The Hall–Kier alpha value is -0.580. The third-order valence-corrected chi connectivity index (χ3v) is 5.41. The van der Waals surface area contributed by atoms with Crippen LogP contribution in [0.15, 0.2) is 30.3 Å². The van der Waals surface area contributed by atoms with Crippen molar-refractivity contribution in [2.75, 3.05) is 13.1 Å². The predicted molar refractivity (Wildman–Crippen MR) is 91.0 cm³/mol. The van der Waals surface area contributed by atoms with Crippen molar-refractivity contribution in [2.24, 2.45) is 17.8 Å². The van der Waals surface area contributed by atoms with Crippen LogP contribution < -0.4 is 5.11 Å². The molecule has 3 atom stereocenters. The first-order valence-corrected chi connectivity index (χ1v) is 8.66. The second kappa shape index (κ2) is 9.21. The summed E-state index contributed by atoms with van der Waals surface area (Å²) in [5.74, 6) is -0.637. The maximum atomic E-state index is 12.5. The third-order valence-electron chi connectivity index (χ3n) is 5.41. The molecule has 1 aliphatic carbocycles. The molecule has 1 aromatic carbocycles. The van der Waals surface area contributed by atoms with Crippen molar-refractivity contribution < 1.29 is 14.7 Å². The predicted octanol–water partition coefficient (Wildman–Crippen LogP) is 1.25. The van der Waals surface area contributed by atoms with Crippen molar-refractivity contribution in [1.82, 2.24) is 4.90 Å². The van der Waals surface area contributed by atoms with Crippen LogP contribution in [0.3, 0.4) is 0 Å². The Bertz CT molecular complexity index is 549. The van der Waals surface area contributed by atoms with Crippen LogP contribution in [0.4, 0.5) is 0 Å². The molecule has 2 aliphatic rings. The van der Waals surface area contributed by atoms with Gasteiger partial charge in [-0.3, -0.25) is 4.79 Å². The van der Waals surface area contributed by atoms with E-state index in [1.54, 1.807) is 0 Å². The first kappa shape index (κ1) is 19.7. The van der Waals surface area contributed by atoms with Crippen LogP contribution in [-0.4, -0.2) is 67.6 Å². The molecule has 0 N–H and O–H groups in total. The summed E-state index contributed by atoms with van der Waals surface area (Å²) < 4.78 is 0. The van der Waals surface area contributed by atoms with E-state index in [9.17, 15) is 14.7 Å². The molecule has 2 fully saturated rings. The number of carboxylic acids is 1. The summed E-state index contributed by atoms with van der Waals surface area (Å²) in [6, 6.07) is 9.45. The van der Waals surface area contributed by atoms with Gasteiger partial charge in [0.15, 0.2) is 0 Å². The van der Waals surface area contributed by atoms with Crippen molar-refractivity contribution in [2.45, 2.75) is 38.5 Å². The van der Waals surface area contributed by atoms with Gasteiger partial charge in [-0.15, -0.1) is 0 Å². The second-order valence-corrected chi connectivity index (χ2v) is 7.01. The number of benzene rings is 1. The van der Waals surface area contributed by atoms with Gasteiger partial charge in [0.25, 0.3) is 0 Å². The minimum atomic E-state index is -1.13. The van der Waals surface area contributed by atoms with Crippen molar-refractivity contribution >= 4 is 49.6 Å². The quantitative estimate of drug-likeness (QED) is 0.748. The normalized spacial score (nSPS) is 23.9. The summed E-state index contributed by atoms with van der Waals surface area (Å²) in [5, 5.41) is 11.4. The Morgan fingerprint density at radius 3 is 2.21 bits per heavy atom. The van der Waals surface area contributed by atoms with Crippen LogP contribution in [0.25, 0.3) is 0 Å². The number of carbonyl (C=O) groups excluding carboxylic acids is 2. The molecule has 1 aromatic rings. The van der Waals surface area contributed by atoms with E-state index < -0.39 is 11.9 Å². The molecular formula is C19H24CaNO3+. The fraction of sp³-hybridized carbons (Fsp3) is 0.579. The number of rotatable bonds is 5. The Morgan fingerprint density at radius 2 is 1.67 bits per heavy atom. The third kappa shape index (κ3) is 4.96. The Kier molecular flexibility index (Phi) is 7.58. The molecule has 0 aromatic heterocycles. The number of fused-ring (bicyclic) bond motifs is 1. The zero-order valence-electron chi connectivity index (χ0n) is 14.2. The van der Waals surface area contributed by atoms with Gasteiger partial charge >= 0.3 is 37.7 Å². The average Bonchev–Trinajstić information content (AvgIpc) is 2.99. The molecule has 1 amide bonds. The Labute approximate surface area is 173 Å². The van der Waals surface area contributed by atoms with E-state index >= 15 is 0 Å². The molecule has 1 saturated carbocycles. The van der Waals surface area contributed by atoms with Gasteiger partial charge in [0.1, 0.15) is 0 Å². The van der Waals surface area contributed by atoms with Crippen molar-refractivity contribution in [3.05, 3.63) is 35.9 Å². The summed E-state index contributed by atoms with van der Waals surface area (Å²) in [5.41, 5.74) is 0.935. The van der Waals surface area contributed by atoms with E-state index in [1.807, 2.05) is 35.2 Å². The van der Waals surface area contributed by atoms with E-state index in [1.165, 1.54) is 25.7 Å². The maximum absolute atomic E-state index is 12.5. The van der Waals surface area contributed by atoms with Gasteiger partial charge in [-0.25, -0.2) is 0 Å². The molecule has 1 heterocycles. The fourth-order valence-electron chi connectivity index (χ4n) is 4.09. The molecular weight excluding hydrogens is 330 g/mol. The van der Waals surface area contributed by atoms with Gasteiger partial charge in [-0.2, -0.15) is 0 Å². The van der Waals surface area contributed by atoms with Gasteiger partial charge in [0, 0.05) is 31.4 Å². The van der Waals surface area contributed by atoms with Crippen LogP contribution in [0.1, 0.15) is 37.7 Å². The number of carbonyl (C=O) groups is 2. The first-order chi connectivity index (χ1) is 11.1. The van der Waals surface area contributed by atoms with Crippen LogP contribution in [-0.2, 0) is 16.0 Å². The number of aliphatic carboxylic acids is 1. The summed E-state index contributed by atoms with van der Waals surface area (Å²) in [6.07, 6.45) is 5.36. The Morgan fingerprint density at radius 1 is 1.08 bits per heavy atom. The first-order valence-electron chi connectivity index (χ1n) is 8.66. The largest absolute Gasteiger partial charge is 2.00 e. The number of amides is 1. The number of likely N-dealkylation sites (tertiary alicyclic amines) is 1. The van der Waals surface area contributed by atoms with Crippen LogP contribution in [0.5, 0.6) is 0 Å². The molecule has 0 bridgehead atoms. The molecule has 0 spiro atoms. The number of nitrogens with zero attached hydrogens (tertiary/aromatic N) is 1. The fourth-order valence-corrected chi connectivity index (χ4v) is 4.09. The number of hydrogen-bond donors (Lipinski definition) is 0. The number of hydrogen-bond acceptors (Lipinski definition) is 3. The summed E-state index contributed by atoms with van der Waals surface area (Å²) in [7, 11) is 0. The van der Waals surface area contributed by atoms with Gasteiger partial charge in [-0.05, 0) is 36.7 Å². The van der Waals surface area contributed by atoms with Crippen molar-refractivity contribution in [3.8, 4) is 0 Å². The van der Waals surface area contributed by atoms with E-state index in [-0.39, 0.29) is 50.1 Å². The molecule has 24 heavy (non-hydrogen) atoms. The van der Waals surface area contributed by atoms with Crippen molar-refractivity contribution in [1.29, 1.82) is 0 Å². The van der Waals surface area contributed by atoms with Gasteiger partial charge < -0.3 is 14.8 Å². The molecule has 1 saturated heterocycles. The van der Waals surface area contributed by atoms with Crippen LogP contribution in [0, 0.1) is 17.8 Å². The van der Waals surface area contributed by atoms with Crippen LogP contribution >= 0.6 is 0 Å². The van der Waals surface area contributed by atoms with E-state index in [4.69, 9.17) is 0 Å². The minimum absolute atomic E-state index is 0. The summed E-state index contributed by atoms with van der Waals surface area (Å²) in [4.78, 5) is 25.8. The number of carboxylic acid groups (broad SMARTS) is 1. The maximum Gasteiger partial charge on any atom is 2.00 e. The summed E-state index contributed by atoms with van der Waals surface area (Å²) >= 11 is 0. The molecule has 124 valence electrons. The molecule has 0 radical (unpaired) electrons. The monoisotopic (exact) mass is 354 g/mol. The van der Waals surface area contributed by atoms with E-state index in [0.717, 1.165) is 18.7 Å². The topological polar surface area (TPSA) is 60.4 Å². The SMILES string of the molecule is O=C([O-])[C@H](CC(=O)N1C[C@H]2CCCC[C@H]2C1)Cc1ccccc1.[Ca+2]. The van der Waals surface area contributed by atoms with E-state index in [0.29, 0.717) is 18.3 Å². The van der Waals surface area contributed by atoms with Crippen LogP contribution in [0.2, 0.25) is 0 Å². The molecule has 1 aliphatic heterocycles. The van der Waals surface area contributed by atoms with Crippen molar-refractivity contribution in [3.63, 3.8) is 0 Å². The van der Waals surface area contributed by atoms with Gasteiger partial charge in [-0.1, -0.05) is 43.2 Å². The zero-order chi connectivity index (χ0) is 16.2. The molecule has 3 rings (SSSR count). The minimum Gasteiger partial charge on any atom is -0.550 e. The Balaban J connectivity index is 0.00000208. The molecule has 4 nitrogen and oxygen atoms in total. The second-order valence-electron chi connectivity index (χ2n) is 7.01.